The lowest BCUT2D eigenvalue weighted by atomic mass is 9.99. The molecule has 1 aromatic carbocycles. The van der Waals surface area contributed by atoms with Crippen LogP contribution in [0.4, 0.5) is 0 Å². The zero-order valence-corrected chi connectivity index (χ0v) is 12.6. The molecule has 0 radical (unpaired) electrons. The third kappa shape index (κ3) is 2.57. The largest absolute Gasteiger partial charge is 0.309 e. The average Bonchev–Trinajstić information content (AvgIpc) is 2.48. The van der Waals surface area contributed by atoms with Gasteiger partial charge in [-0.05, 0) is 52.3 Å². The van der Waals surface area contributed by atoms with Gasteiger partial charge in [-0.2, -0.15) is 0 Å². The molecule has 20 heavy (non-hydrogen) atoms. The number of pyridine rings is 2. The van der Waals surface area contributed by atoms with Gasteiger partial charge in [0, 0.05) is 28.4 Å². The van der Waals surface area contributed by atoms with Gasteiger partial charge >= 0.3 is 0 Å². The van der Waals surface area contributed by atoms with Crippen molar-refractivity contribution in [3.05, 3.63) is 70.6 Å². The van der Waals surface area contributed by atoms with Crippen LogP contribution in [0, 0.1) is 0 Å². The third-order valence-corrected chi connectivity index (χ3v) is 3.75. The van der Waals surface area contributed by atoms with Crippen LogP contribution >= 0.6 is 15.9 Å². The molecule has 1 unspecified atom stereocenters. The first-order valence-corrected chi connectivity index (χ1v) is 7.19. The average molecular weight is 328 g/mol. The molecular formula is C16H14BrN3. The number of rotatable bonds is 3. The highest BCUT2D eigenvalue weighted by molar-refractivity contribution is 9.10. The molecule has 0 spiro atoms. The molecule has 0 amide bonds. The van der Waals surface area contributed by atoms with Crippen LogP contribution in [-0.2, 0) is 0 Å². The number of nitrogens with zero attached hydrogens (tertiary/aromatic N) is 2. The normalized spacial score (nSPS) is 12.5. The van der Waals surface area contributed by atoms with Gasteiger partial charge in [-0.15, -0.1) is 0 Å². The molecule has 3 rings (SSSR count). The predicted molar refractivity (Wildman–Crippen MR) is 84.6 cm³/mol. The van der Waals surface area contributed by atoms with Gasteiger partial charge in [-0.3, -0.25) is 9.97 Å². The second kappa shape index (κ2) is 5.69. The Kier molecular flexibility index (Phi) is 3.76. The molecule has 1 atom stereocenters. The van der Waals surface area contributed by atoms with E-state index in [0.29, 0.717) is 0 Å². The number of hydrogen-bond donors (Lipinski definition) is 1. The van der Waals surface area contributed by atoms with E-state index >= 15 is 0 Å². The molecule has 100 valence electrons. The maximum Gasteiger partial charge on any atom is 0.0705 e. The monoisotopic (exact) mass is 327 g/mol. The summed E-state index contributed by atoms with van der Waals surface area (Å²) >= 11 is 3.47. The number of nitrogens with one attached hydrogen (secondary N) is 1. The number of fused-ring (bicyclic) bond motifs is 1. The Bertz CT molecular complexity index is 742. The van der Waals surface area contributed by atoms with E-state index in [9.17, 15) is 0 Å². The van der Waals surface area contributed by atoms with Crippen molar-refractivity contribution < 1.29 is 0 Å². The molecule has 3 nitrogen and oxygen atoms in total. The summed E-state index contributed by atoms with van der Waals surface area (Å²) in [6, 6.07) is 12.6. The van der Waals surface area contributed by atoms with E-state index in [4.69, 9.17) is 0 Å². The SMILES string of the molecule is CNC(c1cncc(Br)c1)c1ccc2cccnc2c1. The van der Waals surface area contributed by atoms with Crippen LogP contribution in [0.15, 0.2) is 59.5 Å². The molecule has 2 heterocycles. The molecule has 0 aliphatic heterocycles. The topological polar surface area (TPSA) is 37.8 Å². The second-order valence-corrected chi connectivity index (χ2v) is 5.53. The molecule has 4 heteroatoms. The molecule has 0 aliphatic carbocycles. The van der Waals surface area contributed by atoms with Crippen molar-refractivity contribution in [3.63, 3.8) is 0 Å². The molecule has 1 N–H and O–H groups in total. The summed E-state index contributed by atoms with van der Waals surface area (Å²) in [5.41, 5.74) is 3.31. The van der Waals surface area contributed by atoms with Crippen molar-refractivity contribution in [1.29, 1.82) is 0 Å². The lowest BCUT2D eigenvalue weighted by Gasteiger charge is -2.17. The summed E-state index contributed by atoms with van der Waals surface area (Å²) in [5, 5.41) is 4.49. The lowest BCUT2D eigenvalue weighted by Crippen LogP contribution is -2.17. The van der Waals surface area contributed by atoms with Crippen LogP contribution in [0.3, 0.4) is 0 Å². The Labute approximate surface area is 126 Å². The Balaban J connectivity index is 2.07. The highest BCUT2D eigenvalue weighted by atomic mass is 79.9. The van der Waals surface area contributed by atoms with E-state index in [-0.39, 0.29) is 6.04 Å². The Morgan fingerprint density at radius 2 is 2.00 bits per heavy atom. The molecule has 0 aliphatic rings. The second-order valence-electron chi connectivity index (χ2n) is 4.61. The Morgan fingerprint density at radius 1 is 1.10 bits per heavy atom. The number of halogens is 1. The van der Waals surface area contributed by atoms with Crippen LogP contribution in [0.1, 0.15) is 17.2 Å². The van der Waals surface area contributed by atoms with Gasteiger partial charge < -0.3 is 5.32 Å². The van der Waals surface area contributed by atoms with Crippen LogP contribution in [0.5, 0.6) is 0 Å². The summed E-state index contributed by atoms with van der Waals surface area (Å²) in [6.45, 7) is 0. The zero-order chi connectivity index (χ0) is 13.9. The van der Waals surface area contributed by atoms with E-state index < -0.39 is 0 Å². The molecular weight excluding hydrogens is 314 g/mol. The molecule has 2 aromatic heterocycles. The van der Waals surface area contributed by atoms with Crippen LogP contribution < -0.4 is 5.32 Å². The quantitative estimate of drug-likeness (QED) is 0.797. The van der Waals surface area contributed by atoms with Gasteiger partial charge in [-0.1, -0.05) is 18.2 Å². The van der Waals surface area contributed by atoms with Gasteiger partial charge in [0.05, 0.1) is 11.6 Å². The summed E-state index contributed by atoms with van der Waals surface area (Å²) < 4.78 is 0.981. The van der Waals surface area contributed by atoms with Crippen molar-refractivity contribution in [3.8, 4) is 0 Å². The van der Waals surface area contributed by atoms with Crippen molar-refractivity contribution in [1.82, 2.24) is 15.3 Å². The fourth-order valence-electron chi connectivity index (χ4n) is 2.37. The van der Waals surface area contributed by atoms with Crippen molar-refractivity contribution in [2.45, 2.75) is 6.04 Å². The van der Waals surface area contributed by atoms with Gasteiger partial charge in [-0.25, -0.2) is 0 Å². The molecule has 0 saturated carbocycles. The smallest absolute Gasteiger partial charge is 0.0705 e. The first-order chi connectivity index (χ1) is 9.78. The number of aromatic nitrogens is 2. The van der Waals surface area contributed by atoms with E-state index in [2.05, 4.69) is 61.5 Å². The first kappa shape index (κ1) is 13.2. The Hall–Kier alpha value is -1.78. The van der Waals surface area contributed by atoms with Gasteiger partial charge in [0.25, 0.3) is 0 Å². The van der Waals surface area contributed by atoms with Crippen LogP contribution in [0.25, 0.3) is 10.9 Å². The fraction of sp³-hybridized carbons (Fsp3) is 0.125. The third-order valence-electron chi connectivity index (χ3n) is 3.31. The maximum absolute atomic E-state index is 4.42. The van der Waals surface area contributed by atoms with Crippen LogP contribution in [-0.4, -0.2) is 17.0 Å². The summed E-state index contributed by atoms with van der Waals surface area (Å²) in [7, 11) is 1.95. The van der Waals surface area contributed by atoms with E-state index in [1.807, 2.05) is 25.5 Å². The predicted octanol–water partition coefficient (Wildman–Crippen LogP) is 3.70. The van der Waals surface area contributed by atoms with Crippen LogP contribution in [0.2, 0.25) is 0 Å². The number of hydrogen-bond acceptors (Lipinski definition) is 3. The standard InChI is InChI=1S/C16H14BrN3/c1-18-16(13-7-14(17)10-19-9-13)12-5-4-11-3-2-6-20-15(11)8-12/h2-10,16,18H,1H3. The fourth-order valence-corrected chi connectivity index (χ4v) is 2.76. The molecule has 0 fully saturated rings. The zero-order valence-electron chi connectivity index (χ0n) is 11.0. The molecule has 0 bridgehead atoms. The minimum atomic E-state index is 0.103. The summed E-state index contributed by atoms with van der Waals surface area (Å²) in [4.78, 5) is 8.66. The van der Waals surface area contributed by atoms with Gasteiger partial charge in [0.2, 0.25) is 0 Å². The highest BCUT2D eigenvalue weighted by Crippen LogP contribution is 2.25. The van der Waals surface area contributed by atoms with E-state index in [0.717, 1.165) is 20.9 Å². The van der Waals surface area contributed by atoms with E-state index in [1.165, 1.54) is 5.56 Å². The van der Waals surface area contributed by atoms with Gasteiger partial charge in [0.1, 0.15) is 0 Å². The summed E-state index contributed by atoms with van der Waals surface area (Å²) in [5.74, 6) is 0. The van der Waals surface area contributed by atoms with Crippen molar-refractivity contribution in [2.24, 2.45) is 0 Å². The maximum atomic E-state index is 4.42. The molecule has 3 aromatic rings. The summed E-state index contributed by atoms with van der Waals surface area (Å²) in [6.07, 6.45) is 5.49. The van der Waals surface area contributed by atoms with Gasteiger partial charge in [0.15, 0.2) is 0 Å². The minimum absolute atomic E-state index is 0.103. The molecule has 0 saturated heterocycles. The van der Waals surface area contributed by atoms with E-state index in [1.54, 1.807) is 6.20 Å². The lowest BCUT2D eigenvalue weighted by molar-refractivity contribution is 0.689. The number of benzene rings is 1. The van der Waals surface area contributed by atoms with Crippen molar-refractivity contribution >= 4 is 26.8 Å². The van der Waals surface area contributed by atoms with Crippen molar-refractivity contribution in [2.75, 3.05) is 7.05 Å². The Morgan fingerprint density at radius 3 is 2.80 bits per heavy atom. The first-order valence-electron chi connectivity index (χ1n) is 6.40. The minimum Gasteiger partial charge on any atom is -0.309 e. The highest BCUT2D eigenvalue weighted by Gasteiger charge is 2.13.